The fourth-order valence-electron chi connectivity index (χ4n) is 1.54. The second-order valence-corrected chi connectivity index (χ2v) is 4.49. The number of alkyl halides is 1. The van der Waals surface area contributed by atoms with Crippen molar-refractivity contribution >= 4 is 23.3 Å². The number of rotatable bonds is 7. The minimum atomic E-state index is -0.761. The quantitative estimate of drug-likeness (QED) is 0.736. The lowest BCUT2D eigenvalue weighted by Gasteiger charge is -2.14. The van der Waals surface area contributed by atoms with Crippen LogP contribution in [0.4, 0.5) is 5.69 Å². The van der Waals surface area contributed by atoms with Crippen LogP contribution >= 0.6 is 11.6 Å². The zero-order valence-electron chi connectivity index (χ0n) is 9.95. The van der Waals surface area contributed by atoms with Gasteiger partial charge in [0, 0.05) is 24.0 Å². The summed E-state index contributed by atoms with van der Waals surface area (Å²) in [6.45, 7) is 2.08. The first-order valence-corrected chi connectivity index (χ1v) is 6.28. The SMILES string of the molecule is CC(CCCl)Nc1ccc(CCC(=O)O)cc1. The summed E-state index contributed by atoms with van der Waals surface area (Å²) >= 11 is 5.66. The number of aliphatic carboxylic acids is 1. The van der Waals surface area contributed by atoms with Crippen LogP contribution < -0.4 is 5.32 Å². The van der Waals surface area contributed by atoms with Gasteiger partial charge >= 0.3 is 5.97 Å². The molecule has 3 nitrogen and oxygen atoms in total. The molecule has 1 aromatic rings. The highest BCUT2D eigenvalue weighted by atomic mass is 35.5. The van der Waals surface area contributed by atoms with Gasteiger partial charge in [-0.1, -0.05) is 12.1 Å². The molecule has 0 aliphatic heterocycles. The third kappa shape index (κ3) is 5.59. The Morgan fingerprint density at radius 2 is 2.06 bits per heavy atom. The predicted molar refractivity (Wildman–Crippen MR) is 70.8 cm³/mol. The van der Waals surface area contributed by atoms with E-state index >= 15 is 0 Å². The summed E-state index contributed by atoms with van der Waals surface area (Å²) in [4.78, 5) is 10.4. The van der Waals surface area contributed by atoms with Crippen molar-refractivity contribution in [3.05, 3.63) is 29.8 Å². The summed E-state index contributed by atoms with van der Waals surface area (Å²) in [6.07, 6.45) is 1.67. The zero-order chi connectivity index (χ0) is 12.7. The van der Waals surface area contributed by atoms with Crippen LogP contribution in [0, 0.1) is 0 Å². The van der Waals surface area contributed by atoms with Gasteiger partial charge in [-0.15, -0.1) is 11.6 Å². The van der Waals surface area contributed by atoms with Crippen LogP contribution in [0.2, 0.25) is 0 Å². The zero-order valence-corrected chi connectivity index (χ0v) is 10.7. The monoisotopic (exact) mass is 255 g/mol. The first kappa shape index (κ1) is 13.8. The maximum Gasteiger partial charge on any atom is 0.303 e. The van der Waals surface area contributed by atoms with Gasteiger partial charge in [-0.3, -0.25) is 4.79 Å². The Kier molecular flexibility index (Phi) is 5.84. The summed E-state index contributed by atoms with van der Waals surface area (Å²) in [6, 6.07) is 8.21. The van der Waals surface area contributed by atoms with E-state index in [1.807, 2.05) is 24.3 Å². The van der Waals surface area contributed by atoms with Crippen LogP contribution in [0.3, 0.4) is 0 Å². The van der Waals surface area contributed by atoms with Crippen molar-refractivity contribution in [2.45, 2.75) is 32.2 Å². The standard InChI is InChI=1S/C13H18ClNO2/c1-10(8-9-14)15-12-5-2-11(3-6-12)4-7-13(16)17/h2-3,5-6,10,15H,4,7-9H2,1H3,(H,16,17). The average Bonchev–Trinajstić information content (AvgIpc) is 2.28. The molecule has 0 amide bonds. The van der Waals surface area contributed by atoms with Gasteiger partial charge in [0.1, 0.15) is 0 Å². The van der Waals surface area contributed by atoms with E-state index < -0.39 is 5.97 Å². The fourth-order valence-corrected chi connectivity index (χ4v) is 1.87. The molecule has 0 saturated carbocycles. The summed E-state index contributed by atoms with van der Waals surface area (Å²) in [5.41, 5.74) is 2.09. The van der Waals surface area contributed by atoms with E-state index in [0.29, 0.717) is 18.3 Å². The third-order valence-electron chi connectivity index (χ3n) is 2.54. The molecule has 0 radical (unpaired) electrons. The Hall–Kier alpha value is -1.22. The second kappa shape index (κ2) is 7.17. The molecule has 0 heterocycles. The maximum atomic E-state index is 10.4. The molecule has 1 unspecified atom stereocenters. The predicted octanol–water partition coefficient (Wildman–Crippen LogP) is 3.13. The Balaban J connectivity index is 2.47. The Labute approximate surface area is 107 Å². The van der Waals surface area contributed by atoms with Gasteiger partial charge in [-0.2, -0.15) is 0 Å². The van der Waals surface area contributed by atoms with Crippen molar-refractivity contribution in [2.24, 2.45) is 0 Å². The van der Waals surface area contributed by atoms with E-state index in [0.717, 1.165) is 17.7 Å². The number of benzene rings is 1. The molecule has 1 aromatic carbocycles. The van der Waals surface area contributed by atoms with Crippen molar-refractivity contribution < 1.29 is 9.90 Å². The molecule has 94 valence electrons. The largest absolute Gasteiger partial charge is 0.481 e. The average molecular weight is 256 g/mol. The number of carboxylic acids is 1. The number of aryl methyl sites for hydroxylation is 1. The summed E-state index contributed by atoms with van der Waals surface area (Å²) in [5, 5.41) is 11.9. The topological polar surface area (TPSA) is 49.3 Å². The number of nitrogens with one attached hydrogen (secondary N) is 1. The van der Waals surface area contributed by atoms with E-state index in [1.165, 1.54) is 0 Å². The van der Waals surface area contributed by atoms with Crippen LogP contribution in [0.25, 0.3) is 0 Å². The van der Waals surface area contributed by atoms with Gasteiger partial charge in [0.25, 0.3) is 0 Å². The molecular weight excluding hydrogens is 238 g/mol. The number of hydrogen-bond acceptors (Lipinski definition) is 2. The van der Waals surface area contributed by atoms with Gasteiger partial charge < -0.3 is 10.4 Å². The second-order valence-electron chi connectivity index (χ2n) is 4.11. The van der Waals surface area contributed by atoms with Gasteiger partial charge in [0.15, 0.2) is 0 Å². The van der Waals surface area contributed by atoms with Crippen molar-refractivity contribution in [1.82, 2.24) is 0 Å². The first-order chi connectivity index (χ1) is 8.11. The minimum absolute atomic E-state index is 0.176. The molecule has 17 heavy (non-hydrogen) atoms. The van der Waals surface area contributed by atoms with Gasteiger partial charge in [0.2, 0.25) is 0 Å². The molecule has 1 atom stereocenters. The molecule has 4 heteroatoms. The van der Waals surface area contributed by atoms with E-state index in [2.05, 4.69) is 12.2 Å². The van der Waals surface area contributed by atoms with E-state index in [4.69, 9.17) is 16.7 Å². The summed E-state index contributed by atoms with van der Waals surface area (Å²) < 4.78 is 0. The molecular formula is C13H18ClNO2. The van der Waals surface area contributed by atoms with Gasteiger partial charge in [-0.05, 0) is 37.5 Å². The molecule has 1 rings (SSSR count). The molecule has 0 aliphatic rings. The van der Waals surface area contributed by atoms with E-state index in [1.54, 1.807) is 0 Å². The molecule has 0 aromatic heterocycles. The smallest absolute Gasteiger partial charge is 0.303 e. The molecule has 0 fully saturated rings. The van der Waals surface area contributed by atoms with Gasteiger partial charge in [0.05, 0.1) is 0 Å². The van der Waals surface area contributed by atoms with Gasteiger partial charge in [-0.25, -0.2) is 0 Å². The fraction of sp³-hybridized carbons (Fsp3) is 0.462. The number of carbonyl (C=O) groups is 1. The van der Waals surface area contributed by atoms with Crippen molar-refractivity contribution in [2.75, 3.05) is 11.2 Å². The summed E-state index contributed by atoms with van der Waals surface area (Å²) in [7, 11) is 0. The highest BCUT2D eigenvalue weighted by Crippen LogP contribution is 2.13. The number of anilines is 1. The molecule has 0 bridgehead atoms. The van der Waals surface area contributed by atoms with Crippen LogP contribution in [0.5, 0.6) is 0 Å². The van der Waals surface area contributed by atoms with Crippen LogP contribution in [-0.2, 0) is 11.2 Å². The van der Waals surface area contributed by atoms with Crippen LogP contribution in [0.15, 0.2) is 24.3 Å². The first-order valence-electron chi connectivity index (χ1n) is 5.75. The Morgan fingerprint density at radius 3 is 2.59 bits per heavy atom. The van der Waals surface area contributed by atoms with Crippen LogP contribution in [0.1, 0.15) is 25.3 Å². The Morgan fingerprint density at radius 1 is 1.41 bits per heavy atom. The minimum Gasteiger partial charge on any atom is -0.481 e. The lowest BCUT2D eigenvalue weighted by molar-refractivity contribution is -0.136. The lowest BCUT2D eigenvalue weighted by atomic mass is 10.1. The lowest BCUT2D eigenvalue weighted by Crippen LogP contribution is -2.15. The number of hydrogen-bond donors (Lipinski definition) is 2. The maximum absolute atomic E-state index is 10.4. The van der Waals surface area contributed by atoms with Crippen LogP contribution in [-0.4, -0.2) is 23.0 Å². The highest BCUT2D eigenvalue weighted by molar-refractivity contribution is 6.17. The number of halogens is 1. The molecule has 0 saturated heterocycles. The normalized spacial score (nSPS) is 12.1. The Bertz CT molecular complexity index is 351. The van der Waals surface area contributed by atoms with E-state index in [9.17, 15) is 4.79 Å². The van der Waals surface area contributed by atoms with Crippen molar-refractivity contribution in [1.29, 1.82) is 0 Å². The molecule has 0 aliphatic carbocycles. The highest BCUT2D eigenvalue weighted by Gasteiger charge is 2.02. The summed E-state index contributed by atoms with van der Waals surface area (Å²) in [5.74, 6) is -0.117. The third-order valence-corrected chi connectivity index (χ3v) is 2.75. The number of carboxylic acid groups (broad SMARTS) is 1. The molecule has 0 spiro atoms. The molecule has 2 N–H and O–H groups in total. The van der Waals surface area contributed by atoms with Crippen molar-refractivity contribution in [3.63, 3.8) is 0 Å². The van der Waals surface area contributed by atoms with Crippen molar-refractivity contribution in [3.8, 4) is 0 Å². The van der Waals surface area contributed by atoms with E-state index in [-0.39, 0.29) is 6.42 Å².